The molecule has 0 aromatic carbocycles. The number of rotatable bonds is 7. The van der Waals surface area contributed by atoms with E-state index in [0.717, 1.165) is 19.3 Å². The highest BCUT2D eigenvalue weighted by molar-refractivity contribution is 4.79. The molecule has 0 saturated carbocycles. The number of hydrogen-bond acceptors (Lipinski definition) is 3. The van der Waals surface area contributed by atoms with Crippen molar-refractivity contribution in [3.63, 3.8) is 0 Å². The molecule has 1 fully saturated rings. The van der Waals surface area contributed by atoms with Crippen molar-refractivity contribution in [1.29, 1.82) is 0 Å². The molecule has 1 rings (SSSR count). The quantitative estimate of drug-likeness (QED) is 0.734. The highest BCUT2D eigenvalue weighted by Gasteiger charge is 2.19. The number of nitrogens with zero attached hydrogens (tertiary/aromatic N) is 1. The summed E-state index contributed by atoms with van der Waals surface area (Å²) in [5, 5.41) is 13.4. The van der Waals surface area contributed by atoms with E-state index >= 15 is 0 Å². The number of aliphatic hydroxyl groups is 1. The van der Waals surface area contributed by atoms with Crippen LogP contribution in [0.4, 0.5) is 0 Å². The Bertz CT molecular complexity index is 217. The smallest absolute Gasteiger partial charge is 0.0591 e. The zero-order valence-corrected chi connectivity index (χ0v) is 12.7. The van der Waals surface area contributed by atoms with Gasteiger partial charge in [0.25, 0.3) is 0 Å². The minimum absolute atomic E-state index is 0.508. The highest BCUT2D eigenvalue weighted by atomic mass is 16.3. The molecule has 3 nitrogen and oxygen atoms in total. The third-order valence-electron chi connectivity index (χ3n) is 3.98. The Morgan fingerprint density at radius 2 is 1.94 bits per heavy atom. The molecule has 108 valence electrons. The Labute approximate surface area is 113 Å². The zero-order chi connectivity index (χ0) is 13.6. The SMILES string of the molecule is CCN1CCC(N[C@H](C)CCCC(C)(C)O)CC1. The first-order valence-corrected chi connectivity index (χ1v) is 7.61. The van der Waals surface area contributed by atoms with Gasteiger partial charge in [0.2, 0.25) is 0 Å². The third-order valence-corrected chi connectivity index (χ3v) is 3.98. The van der Waals surface area contributed by atoms with Gasteiger partial charge in [-0.3, -0.25) is 0 Å². The van der Waals surface area contributed by atoms with Gasteiger partial charge in [-0.25, -0.2) is 0 Å². The maximum atomic E-state index is 9.68. The van der Waals surface area contributed by atoms with Crippen LogP contribution in [0.1, 0.15) is 59.8 Å². The van der Waals surface area contributed by atoms with Crippen molar-refractivity contribution < 1.29 is 5.11 Å². The average molecular weight is 256 g/mol. The van der Waals surface area contributed by atoms with Gasteiger partial charge in [-0.1, -0.05) is 6.92 Å². The molecular weight excluding hydrogens is 224 g/mol. The summed E-state index contributed by atoms with van der Waals surface area (Å²) in [6, 6.07) is 1.27. The lowest BCUT2D eigenvalue weighted by Gasteiger charge is -2.33. The fraction of sp³-hybridized carbons (Fsp3) is 1.00. The van der Waals surface area contributed by atoms with Crippen molar-refractivity contribution in [2.75, 3.05) is 19.6 Å². The maximum Gasteiger partial charge on any atom is 0.0591 e. The lowest BCUT2D eigenvalue weighted by Crippen LogP contribution is -2.45. The van der Waals surface area contributed by atoms with E-state index in [0.29, 0.717) is 12.1 Å². The van der Waals surface area contributed by atoms with Crippen LogP contribution >= 0.6 is 0 Å². The number of nitrogens with one attached hydrogen (secondary N) is 1. The highest BCUT2D eigenvalue weighted by Crippen LogP contribution is 2.15. The van der Waals surface area contributed by atoms with Crippen molar-refractivity contribution in [3.05, 3.63) is 0 Å². The standard InChI is InChI=1S/C15H32N2O/c1-5-17-11-8-14(9-12-17)16-13(2)7-6-10-15(3,4)18/h13-14,16,18H,5-12H2,1-4H3/t13-/m1/s1. The monoisotopic (exact) mass is 256 g/mol. The predicted molar refractivity (Wildman–Crippen MR) is 77.9 cm³/mol. The van der Waals surface area contributed by atoms with Crippen molar-refractivity contribution in [3.8, 4) is 0 Å². The van der Waals surface area contributed by atoms with Gasteiger partial charge < -0.3 is 15.3 Å². The fourth-order valence-electron chi connectivity index (χ4n) is 2.74. The van der Waals surface area contributed by atoms with Crippen LogP contribution in [0.15, 0.2) is 0 Å². The van der Waals surface area contributed by atoms with Crippen LogP contribution in [0.5, 0.6) is 0 Å². The normalized spacial score (nSPS) is 21.2. The van der Waals surface area contributed by atoms with Crippen LogP contribution in [0.3, 0.4) is 0 Å². The second-order valence-electron chi connectivity index (χ2n) is 6.48. The second kappa shape index (κ2) is 7.46. The van der Waals surface area contributed by atoms with Gasteiger partial charge in [0, 0.05) is 12.1 Å². The largest absolute Gasteiger partial charge is 0.390 e. The molecular formula is C15H32N2O. The van der Waals surface area contributed by atoms with Crippen molar-refractivity contribution >= 4 is 0 Å². The summed E-state index contributed by atoms with van der Waals surface area (Å²) in [4.78, 5) is 2.52. The molecule has 0 aromatic heterocycles. The van der Waals surface area contributed by atoms with E-state index in [1.54, 1.807) is 0 Å². The molecule has 0 aliphatic carbocycles. The van der Waals surface area contributed by atoms with E-state index in [-0.39, 0.29) is 0 Å². The Morgan fingerprint density at radius 1 is 1.33 bits per heavy atom. The number of piperidine rings is 1. The minimum Gasteiger partial charge on any atom is -0.390 e. The van der Waals surface area contributed by atoms with Gasteiger partial charge in [0.15, 0.2) is 0 Å². The van der Waals surface area contributed by atoms with Crippen LogP contribution in [0.25, 0.3) is 0 Å². The Kier molecular flexibility index (Phi) is 6.61. The Hall–Kier alpha value is -0.120. The summed E-state index contributed by atoms with van der Waals surface area (Å²) in [5.74, 6) is 0. The summed E-state index contributed by atoms with van der Waals surface area (Å²) in [5.41, 5.74) is -0.508. The first kappa shape index (κ1) is 15.9. The summed E-state index contributed by atoms with van der Waals surface area (Å²) in [6.07, 6.45) is 5.73. The summed E-state index contributed by atoms with van der Waals surface area (Å²) in [6.45, 7) is 12.0. The second-order valence-corrected chi connectivity index (χ2v) is 6.48. The molecule has 0 unspecified atom stereocenters. The summed E-state index contributed by atoms with van der Waals surface area (Å²) in [7, 11) is 0. The van der Waals surface area contributed by atoms with Gasteiger partial charge in [-0.2, -0.15) is 0 Å². The molecule has 1 atom stereocenters. The average Bonchev–Trinajstić information content (AvgIpc) is 2.28. The molecule has 1 aliphatic heterocycles. The molecule has 0 radical (unpaired) electrons. The molecule has 1 heterocycles. The first-order chi connectivity index (χ1) is 8.40. The van der Waals surface area contributed by atoms with Crippen molar-refractivity contribution in [2.45, 2.75) is 77.5 Å². The van der Waals surface area contributed by atoms with E-state index < -0.39 is 5.60 Å². The lowest BCUT2D eigenvalue weighted by molar-refractivity contribution is 0.0672. The van der Waals surface area contributed by atoms with Crippen LogP contribution in [-0.2, 0) is 0 Å². The van der Waals surface area contributed by atoms with Crippen molar-refractivity contribution in [2.24, 2.45) is 0 Å². The van der Waals surface area contributed by atoms with Crippen LogP contribution < -0.4 is 5.32 Å². The van der Waals surface area contributed by atoms with Gasteiger partial charge >= 0.3 is 0 Å². The van der Waals surface area contributed by atoms with E-state index in [2.05, 4.69) is 24.1 Å². The molecule has 3 heteroatoms. The molecule has 0 bridgehead atoms. The number of likely N-dealkylation sites (tertiary alicyclic amines) is 1. The Balaban J connectivity index is 2.11. The molecule has 0 spiro atoms. The molecule has 1 aliphatic rings. The zero-order valence-electron chi connectivity index (χ0n) is 12.7. The first-order valence-electron chi connectivity index (χ1n) is 7.61. The number of hydrogen-bond donors (Lipinski definition) is 2. The van der Waals surface area contributed by atoms with E-state index in [1.165, 1.54) is 32.5 Å². The molecule has 18 heavy (non-hydrogen) atoms. The van der Waals surface area contributed by atoms with Crippen LogP contribution in [0, 0.1) is 0 Å². The third kappa shape index (κ3) is 6.72. The fourth-order valence-corrected chi connectivity index (χ4v) is 2.74. The lowest BCUT2D eigenvalue weighted by atomic mass is 9.98. The van der Waals surface area contributed by atoms with Gasteiger partial charge in [-0.15, -0.1) is 0 Å². The molecule has 0 amide bonds. The van der Waals surface area contributed by atoms with Gasteiger partial charge in [0.1, 0.15) is 0 Å². The summed E-state index contributed by atoms with van der Waals surface area (Å²) >= 11 is 0. The Morgan fingerprint density at radius 3 is 2.44 bits per heavy atom. The molecule has 0 aromatic rings. The van der Waals surface area contributed by atoms with Crippen molar-refractivity contribution in [1.82, 2.24) is 10.2 Å². The van der Waals surface area contributed by atoms with Gasteiger partial charge in [-0.05, 0) is 72.5 Å². The predicted octanol–water partition coefficient (Wildman–Crippen LogP) is 2.39. The van der Waals surface area contributed by atoms with Crippen LogP contribution in [0.2, 0.25) is 0 Å². The van der Waals surface area contributed by atoms with Crippen LogP contribution in [-0.4, -0.2) is 47.3 Å². The summed E-state index contributed by atoms with van der Waals surface area (Å²) < 4.78 is 0. The van der Waals surface area contributed by atoms with E-state index in [4.69, 9.17) is 0 Å². The topological polar surface area (TPSA) is 35.5 Å². The van der Waals surface area contributed by atoms with Gasteiger partial charge in [0.05, 0.1) is 5.60 Å². The maximum absolute atomic E-state index is 9.68. The molecule has 1 saturated heterocycles. The molecule has 2 N–H and O–H groups in total. The van der Waals surface area contributed by atoms with E-state index in [1.807, 2.05) is 13.8 Å². The van der Waals surface area contributed by atoms with E-state index in [9.17, 15) is 5.11 Å². The minimum atomic E-state index is -0.508.